The van der Waals surface area contributed by atoms with Crippen molar-refractivity contribution in [3.63, 3.8) is 0 Å². The summed E-state index contributed by atoms with van der Waals surface area (Å²) in [5.41, 5.74) is 8.37. The van der Waals surface area contributed by atoms with E-state index >= 15 is 0 Å². The zero-order valence-corrected chi connectivity index (χ0v) is 13.1. The Morgan fingerprint density at radius 3 is 2.74 bits per heavy atom. The molecule has 98 valence electrons. The standard InChI is InChI=1S/C14H12ClIN2O/c1-8-5-12(17)11(15)7-13(8)18-14(19)9-3-2-4-10(16)6-9/h2-7H,17H2,1H3,(H,18,19). The molecule has 0 spiro atoms. The van der Waals surface area contributed by atoms with Crippen molar-refractivity contribution >= 4 is 51.5 Å². The molecule has 0 radical (unpaired) electrons. The maximum Gasteiger partial charge on any atom is 0.255 e. The van der Waals surface area contributed by atoms with Gasteiger partial charge < -0.3 is 11.1 Å². The molecule has 1 amide bonds. The molecule has 2 rings (SSSR count). The number of nitrogens with one attached hydrogen (secondary N) is 1. The molecule has 3 N–H and O–H groups in total. The van der Waals surface area contributed by atoms with Gasteiger partial charge in [-0.15, -0.1) is 0 Å². The van der Waals surface area contributed by atoms with Crippen molar-refractivity contribution in [3.05, 3.63) is 56.1 Å². The van der Waals surface area contributed by atoms with Gasteiger partial charge in [-0.25, -0.2) is 0 Å². The number of hydrogen-bond acceptors (Lipinski definition) is 2. The minimum atomic E-state index is -0.164. The van der Waals surface area contributed by atoms with Crippen LogP contribution in [0.25, 0.3) is 0 Å². The van der Waals surface area contributed by atoms with E-state index < -0.39 is 0 Å². The summed E-state index contributed by atoms with van der Waals surface area (Å²) in [6, 6.07) is 10.8. The Morgan fingerprint density at radius 1 is 1.32 bits per heavy atom. The van der Waals surface area contributed by atoms with Gasteiger partial charge in [0.05, 0.1) is 10.7 Å². The molecule has 0 unspecified atom stereocenters. The van der Waals surface area contributed by atoms with Crippen LogP contribution in [0.2, 0.25) is 5.02 Å². The van der Waals surface area contributed by atoms with Crippen LogP contribution in [0.5, 0.6) is 0 Å². The van der Waals surface area contributed by atoms with Crippen molar-refractivity contribution < 1.29 is 4.79 Å². The molecule has 3 nitrogen and oxygen atoms in total. The van der Waals surface area contributed by atoms with E-state index in [0.29, 0.717) is 22.0 Å². The van der Waals surface area contributed by atoms with E-state index in [9.17, 15) is 4.79 Å². The lowest BCUT2D eigenvalue weighted by Crippen LogP contribution is -2.13. The van der Waals surface area contributed by atoms with Crippen molar-refractivity contribution in [1.29, 1.82) is 0 Å². The molecule has 0 saturated carbocycles. The maximum atomic E-state index is 12.1. The van der Waals surface area contributed by atoms with Gasteiger partial charge in [-0.1, -0.05) is 17.7 Å². The number of amides is 1. The molecule has 0 saturated heterocycles. The van der Waals surface area contributed by atoms with Gasteiger partial charge in [0, 0.05) is 14.8 Å². The Labute approximate surface area is 130 Å². The second-order valence-electron chi connectivity index (χ2n) is 4.15. The molecule has 5 heteroatoms. The van der Waals surface area contributed by atoms with E-state index in [2.05, 4.69) is 27.9 Å². The van der Waals surface area contributed by atoms with E-state index in [4.69, 9.17) is 17.3 Å². The van der Waals surface area contributed by atoms with Gasteiger partial charge in [0.2, 0.25) is 0 Å². The highest BCUT2D eigenvalue weighted by molar-refractivity contribution is 14.1. The van der Waals surface area contributed by atoms with Crippen molar-refractivity contribution in [1.82, 2.24) is 0 Å². The summed E-state index contributed by atoms with van der Waals surface area (Å²) in [6.07, 6.45) is 0. The van der Waals surface area contributed by atoms with Gasteiger partial charge in [-0.3, -0.25) is 4.79 Å². The molecule has 0 aliphatic heterocycles. The fraction of sp³-hybridized carbons (Fsp3) is 0.0714. The topological polar surface area (TPSA) is 55.1 Å². The zero-order valence-electron chi connectivity index (χ0n) is 10.2. The van der Waals surface area contributed by atoms with Gasteiger partial charge in [0.15, 0.2) is 0 Å². The summed E-state index contributed by atoms with van der Waals surface area (Å²) in [4.78, 5) is 12.1. The molecule has 0 atom stereocenters. The van der Waals surface area contributed by atoms with Gasteiger partial charge in [-0.05, 0) is 65.4 Å². The predicted molar refractivity (Wildman–Crippen MR) is 87.7 cm³/mol. The number of benzene rings is 2. The van der Waals surface area contributed by atoms with Crippen molar-refractivity contribution in [2.45, 2.75) is 6.92 Å². The number of carbonyl (C=O) groups is 1. The Morgan fingerprint density at radius 2 is 2.05 bits per heavy atom. The van der Waals surface area contributed by atoms with E-state index in [-0.39, 0.29) is 5.91 Å². The molecule has 0 heterocycles. The smallest absolute Gasteiger partial charge is 0.255 e. The van der Waals surface area contributed by atoms with Crippen LogP contribution in [0.3, 0.4) is 0 Å². The average molecular weight is 387 g/mol. The Bertz CT molecular complexity index is 643. The second kappa shape index (κ2) is 5.79. The van der Waals surface area contributed by atoms with Gasteiger partial charge in [0.25, 0.3) is 5.91 Å². The largest absolute Gasteiger partial charge is 0.398 e. The first-order valence-corrected chi connectivity index (χ1v) is 7.05. The zero-order chi connectivity index (χ0) is 14.0. The Kier molecular flexibility index (Phi) is 4.31. The molecule has 0 aromatic heterocycles. The van der Waals surface area contributed by atoms with Crippen molar-refractivity contribution in [3.8, 4) is 0 Å². The molecule has 0 aliphatic carbocycles. The molecule has 2 aromatic rings. The number of carbonyl (C=O) groups excluding carboxylic acids is 1. The number of hydrogen-bond donors (Lipinski definition) is 2. The lowest BCUT2D eigenvalue weighted by Gasteiger charge is -2.10. The normalized spacial score (nSPS) is 10.3. The number of halogens is 2. The van der Waals surface area contributed by atoms with E-state index in [1.165, 1.54) is 0 Å². The van der Waals surface area contributed by atoms with Crippen LogP contribution in [0.1, 0.15) is 15.9 Å². The Balaban J connectivity index is 2.27. The lowest BCUT2D eigenvalue weighted by atomic mass is 10.1. The quantitative estimate of drug-likeness (QED) is 0.603. The van der Waals surface area contributed by atoms with Crippen LogP contribution in [-0.2, 0) is 0 Å². The van der Waals surface area contributed by atoms with Crippen LogP contribution >= 0.6 is 34.2 Å². The SMILES string of the molecule is Cc1cc(N)c(Cl)cc1NC(=O)c1cccc(I)c1. The molecule has 19 heavy (non-hydrogen) atoms. The van der Waals surface area contributed by atoms with Crippen LogP contribution in [0.4, 0.5) is 11.4 Å². The van der Waals surface area contributed by atoms with Crippen LogP contribution in [0.15, 0.2) is 36.4 Å². The molecular formula is C14H12ClIN2O. The molecule has 2 aromatic carbocycles. The number of rotatable bonds is 2. The van der Waals surface area contributed by atoms with E-state index in [1.807, 2.05) is 25.1 Å². The first-order chi connectivity index (χ1) is 8.97. The highest BCUT2D eigenvalue weighted by Crippen LogP contribution is 2.27. The van der Waals surface area contributed by atoms with Crippen LogP contribution < -0.4 is 11.1 Å². The number of anilines is 2. The third kappa shape index (κ3) is 3.39. The molecular weight excluding hydrogens is 375 g/mol. The maximum absolute atomic E-state index is 12.1. The van der Waals surface area contributed by atoms with Crippen molar-refractivity contribution in [2.75, 3.05) is 11.1 Å². The molecule has 0 bridgehead atoms. The number of aryl methyl sites for hydroxylation is 1. The second-order valence-corrected chi connectivity index (χ2v) is 5.81. The highest BCUT2D eigenvalue weighted by atomic mass is 127. The summed E-state index contributed by atoms with van der Waals surface area (Å²) in [6.45, 7) is 1.87. The van der Waals surface area contributed by atoms with E-state index in [1.54, 1.807) is 18.2 Å². The minimum Gasteiger partial charge on any atom is -0.398 e. The molecule has 0 aliphatic rings. The highest BCUT2D eigenvalue weighted by Gasteiger charge is 2.09. The first kappa shape index (κ1) is 14.1. The van der Waals surface area contributed by atoms with Gasteiger partial charge in [-0.2, -0.15) is 0 Å². The summed E-state index contributed by atoms with van der Waals surface area (Å²) >= 11 is 8.13. The molecule has 0 fully saturated rings. The Hall–Kier alpha value is -1.27. The van der Waals surface area contributed by atoms with E-state index in [0.717, 1.165) is 9.13 Å². The summed E-state index contributed by atoms with van der Waals surface area (Å²) < 4.78 is 1.01. The fourth-order valence-electron chi connectivity index (χ4n) is 1.66. The fourth-order valence-corrected chi connectivity index (χ4v) is 2.37. The third-order valence-electron chi connectivity index (χ3n) is 2.68. The first-order valence-electron chi connectivity index (χ1n) is 5.60. The summed E-state index contributed by atoms with van der Waals surface area (Å²) in [5.74, 6) is -0.164. The minimum absolute atomic E-state index is 0.164. The van der Waals surface area contributed by atoms with Gasteiger partial charge >= 0.3 is 0 Å². The lowest BCUT2D eigenvalue weighted by molar-refractivity contribution is 0.102. The summed E-state index contributed by atoms with van der Waals surface area (Å²) in [7, 11) is 0. The number of nitrogens with two attached hydrogens (primary N) is 1. The van der Waals surface area contributed by atoms with Crippen LogP contribution in [-0.4, -0.2) is 5.91 Å². The summed E-state index contributed by atoms with van der Waals surface area (Å²) in [5, 5.41) is 3.27. The third-order valence-corrected chi connectivity index (χ3v) is 3.68. The van der Waals surface area contributed by atoms with Crippen LogP contribution in [0, 0.1) is 10.5 Å². The number of nitrogen functional groups attached to an aromatic ring is 1. The van der Waals surface area contributed by atoms with Gasteiger partial charge in [0.1, 0.15) is 0 Å². The monoisotopic (exact) mass is 386 g/mol. The predicted octanol–water partition coefficient (Wildman–Crippen LogP) is 4.09. The average Bonchev–Trinajstić information content (AvgIpc) is 2.36. The van der Waals surface area contributed by atoms with Crippen molar-refractivity contribution in [2.24, 2.45) is 0 Å².